The Morgan fingerprint density at radius 1 is 1.71 bits per heavy atom. The molecule has 0 fully saturated rings. The Balaban J connectivity index is 2.49. The van der Waals surface area contributed by atoms with E-state index in [9.17, 15) is 0 Å². The van der Waals surface area contributed by atoms with Gasteiger partial charge in [-0.05, 0) is 12.3 Å². The second kappa shape index (κ2) is 1.92. The maximum Gasteiger partial charge on any atom is 0.0226 e. The topological polar surface area (TPSA) is 12.4 Å². The molecule has 0 aromatic heterocycles. The van der Waals surface area contributed by atoms with Crippen molar-refractivity contribution < 1.29 is 0 Å². The van der Waals surface area contributed by atoms with Crippen LogP contribution in [0, 0.1) is 5.92 Å². The van der Waals surface area contributed by atoms with Crippen LogP contribution in [0.25, 0.3) is 0 Å². The summed E-state index contributed by atoms with van der Waals surface area (Å²) in [5.74, 6) is 0.706. The molecule has 1 aliphatic rings. The molecule has 7 heavy (non-hydrogen) atoms. The molecule has 1 heteroatoms. The predicted molar refractivity (Wildman–Crippen MR) is 31.4 cm³/mol. The SMILES string of the molecule is C[C@H]1C=CN=CC1. The van der Waals surface area contributed by atoms with Crippen molar-refractivity contribution in [2.75, 3.05) is 0 Å². The summed E-state index contributed by atoms with van der Waals surface area (Å²) in [5, 5.41) is 0. The van der Waals surface area contributed by atoms with Crippen LogP contribution in [-0.4, -0.2) is 6.21 Å². The van der Waals surface area contributed by atoms with Crippen molar-refractivity contribution >= 4 is 6.21 Å². The first-order chi connectivity index (χ1) is 3.39. The summed E-state index contributed by atoms with van der Waals surface area (Å²) in [7, 11) is 0. The summed E-state index contributed by atoms with van der Waals surface area (Å²) in [4.78, 5) is 3.92. The van der Waals surface area contributed by atoms with E-state index in [1.807, 2.05) is 12.4 Å². The summed E-state index contributed by atoms with van der Waals surface area (Å²) in [6.45, 7) is 2.18. The molecule has 38 valence electrons. The van der Waals surface area contributed by atoms with Crippen molar-refractivity contribution in [3.63, 3.8) is 0 Å². The normalized spacial score (nSPS) is 28.4. The van der Waals surface area contributed by atoms with Gasteiger partial charge >= 0.3 is 0 Å². The van der Waals surface area contributed by atoms with E-state index in [4.69, 9.17) is 0 Å². The summed E-state index contributed by atoms with van der Waals surface area (Å²) in [6.07, 6.45) is 7.02. The fourth-order valence-electron chi connectivity index (χ4n) is 0.563. The van der Waals surface area contributed by atoms with E-state index < -0.39 is 0 Å². The van der Waals surface area contributed by atoms with Crippen LogP contribution in [-0.2, 0) is 0 Å². The van der Waals surface area contributed by atoms with E-state index in [1.54, 1.807) is 0 Å². The molecule has 0 aromatic carbocycles. The number of hydrogen-bond acceptors (Lipinski definition) is 1. The summed E-state index contributed by atoms with van der Waals surface area (Å²) < 4.78 is 0. The molecule has 0 aliphatic carbocycles. The Bertz CT molecular complexity index is 103. The molecular formula is C6H9N. The van der Waals surface area contributed by atoms with Gasteiger partial charge in [-0.15, -0.1) is 0 Å². The molecule has 0 N–H and O–H groups in total. The quantitative estimate of drug-likeness (QED) is 0.433. The van der Waals surface area contributed by atoms with Crippen molar-refractivity contribution in [3.05, 3.63) is 12.3 Å². The Kier molecular flexibility index (Phi) is 1.25. The minimum Gasteiger partial charge on any atom is -0.269 e. The molecule has 1 atom stereocenters. The van der Waals surface area contributed by atoms with Crippen LogP contribution in [0.3, 0.4) is 0 Å². The molecule has 0 unspecified atom stereocenters. The third-order valence-corrected chi connectivity index (χ3v) is 1.08. The van der Waals surface area contributed by atoms with E-state index in [0.29, 0.717) is 5.92 Å². The fourth-order valence-corrected chi connectivity index (χ4v) is 0.563. The van der Waals surface area contributed by atoms with Gasteiger partial charge in [0.15, 0.2) is 0 Å². The average molecular weight is 95.1 g/mol. The molecule has 1 aliphatic heterocycles. The number of rotatable bonds is 0. The second-order valence-electron chi connectivity index (χ2n) is 1.89. The maximum absolute atomic E-state index is 3.92. The highest BCUT2D eigenvalue weighted by Crippen LogP contribution is 2.04. The van der Waals surface area contributed by atoms with E-state index in [0.717, 1.165) is 6.42 Å². The molecule has 0 bridgehead atoms. The fraction of sp³-hybridized carbons (Fsp3) is 0.500. The van der Waals surface area contributed by atoms with E-state index in [2.05, 4.69) is 18.0 Å². The minimum atomic E-state index is 0.706. The molecule has 1 heterocycles. The standard InChI is InChI=1S/C6H9N/c1-6-2-4-7-5-3-6/h2,4-6H,3H2,1H3/t6-/m0/s1. The van der Waals surface area contributed by atoms with Crippen molar-refractivity contribution in [1.29, 1.82) is 0 Å². The zero-order chi connectivity index (χ0) is 5.11. The van der Waals surface area contributed by atoms with Crippen LogP contribution < -0.4 is 0 Å². The molecule has 0 amide bonds. The Labute approximate surface area is 43.8 Å². The van der Waals surface area contributed by atoms with Crippen LogP contribution in [0.5, 0.6) is 0 Å². The lowest BCUT2D eigenvalue weighted by atomic mass is 10.1. The van der Waals surface area contributed by atoms with Gasteiger partial charge in [-0.1, -0.05) is 13.0 Å². The van der Waals surface area contributed by atoms with Gasteiger partial charge in [0.1, 0.15) is 0 Å². The minimum absolute atomic E-state index is 0.706. The van der Waals surface area contributed by atoms with Gasteiger partial charge in [-0.25, -0.2) is 0 Å². The highest BCUT2D eigenvalue weighted by molar-refractivity contribution is 5.59. The molecule has 1 rings (SSSR count). The molecular weight excluding hydrogens is 86.1 g/mol. The average Bonchev–Trinajstić information content (AvgIpc) is 1.69. The van der Waals surface area contributed by atoms with Gasteiger partial charge in [-0.2, -0.15) is 0 Å². The molecule has 0 aromatic rings. The van der Waals surface area contributed by atoms with E-state index >= 15 is 0 Å². The highest BCUT2D eigenvalue weighted by Gasteiger charge is 1.94. The van der Waals surface area contributed by atoms with Gasteiger partial charge in [0.05, 0.1) is 0 Å². The Morgan fingerprint density at radius 3 is 2.86 bits per heavy atom. The van der Waals surface area contributed by atoms with Crippen LogP contribution in [0.4, 0.5) is 0 Å². The molecule has 0 saturated heterocycles. The van der Waals surface area contributed by atoms with Crippen molar-refractivity contribution in [2.24, 2.45) is 10.9 Å². The zero-order valence-electron chi connectivity index (χ0n) is 4.46. The summed E-state index contributed by atoms with van der Waals surface area (Å²) in [6, 6.07) is 0. The van der Waals surface area contributed by atoms with Crippen LogP contribution in [0.2, 0.25) is 0 Å². The largest absolute Gasteiger partial charge is 0.269 e. The van der Waals surface area contributed by atoms with Crippen LogP contribution in [0.15, 0.2) is 17.3 Å². The molecule has 0 spiro atoms. The van der Waals surface area contributed by atoms with Gasteiger partial charge in [-0.3, -0.25) is 4.99 Å². The number of allylic oxidation sites excluding steroid dienone is 1. The number of aliphatic imine (C=N–C) groups is 1. The predicted octanol–water partition coefficient (Wildman–Crippen LogP) is 1.61. The summed E-state index contributed by atoms with van der Waals surface area (Å²) in [5.41, 5.74) is 0. The van der Waals surface area contributed by atoms with Gasteiger partial charge in [0.2, 0.25) is 0 Å². The Morgan fingerprint density at radius 2 is 2.57 bits per heavy atom. The molecule has 1 nitrogen and oxygen atoms in total. The zero-order valence-corrected chi connectivity index (χ0v) is 4.46. The second-order valence-corrected chi connectivity index (χ2v) is 1.89. The lowest BCUT2D eigenvalue weighted by molar-refractivity contribution is 0.765. The van der Waals surface area contributed by atoms with E-state index in [-0.39, 0.29) is 0 Å². The van der Waals surface area contributed by atoms with Crippen LogP contribution >= 0.6 is 0 Å². The first-order valence-corrected chi connectivity index (χ1v) is 2.58. The van der Waals surface area contributed by atoms with Gasteiger partial charge in [0, 0.05) is 12.4 Å². The summed E-state index contributed by atoms with van der Waals surface area (Å²) >= 11 is 0. The van der Waals surface area contributed by atoms with Crippen molar-refractivity contribution in [3.8, 4) is 0 Å². The Hall–Kier alpha value is -0.590. The first kappa shape index (κ1) is 4.57. The highest BCUT2D eigenvalue weighted by atomic mass is 14.7. The number of hydrogen-bond donors (Lipinski definition) is 0. The van der Waals surface area contributed by atoms with Gasteiger partial charge in [0.25, 0.3) is 0 Å². The molecule has 0 saturated carbocycles. The molecule has 0 radical (unpaired) electrons. The third-order valence-electron chi connectivity index (χ3n) is 1.08. The lowest BCUT2D eigenvalue weighted by Crippen LogP contribution is -1.92. The lowest BCUT2D eigenvalue weighted by Gasteiger charge is -2.01. The van der Waals surface area contributed by atoms with E-state index in [1.165, 1.54) is 0 Å². The third kappa shape index (κ3) is 1.15. The smallest absolute Gasteiger partial charge is 0.0226 e. The van der Waals surface area contributed by atoms with Crippen LogP contribution in [0.1, 0.15) is 13.3 Å². The maximum atomic E-state index is 3.92. The number of nitrogens with zero attached hydrogens (tertiary/aromatic N) is 1. The van der Waals surface area contributed by atoms with Crippen molar-refractivity contribution in [2.45, 2.75) is 13.3 Å². The monoisotopic (exact) mass is 95.1 g/mol. The first-order valence-electron chi connectivity index (χ1n) is 2.58. The van der Waals surface area contributed by atoms with Gasteiger partial charge < -0.3 is 0 Å². The van der Waals surface area contributed by atoms with Crippen molar-refractivity contribution in [1.82, 2.24) is 0 Å².